The summed E-state index contributed by atoms with van der Waals surface area (Å²) >= 11 is 0. The topological polar surface area (TPSA) is 92.2 Å². The largest absolute Gasteiger partial charge is 2.00 e. The standard InChI is InChI=1S/C3H6NO.C3H5NO.2Mn/c2*1-3(4)2-5;;/h2,4-5H,1H3;2H2,1H3;;/q-1;-2;2*+2/p-1. The maximum absolute atomic E-state index is 9.34. The molecule has 0 amide bonds. The van der Waals surface area contributed by atoms with Crippen LogP contribution in [0.4, 0.5) is 0 Å². The van der Waals surface area contributed by atoms with E-state index in [1.54, 1.807) is 0 Å². The van der Waals surface area contributed by atoms with Gasteiger partial charge < -0.3 is 21.4 Å². The second-order valence-corrected chi connectivity index (χ2v) is 1.68. The molecule has 0 aliphatic carbocycles. The molecule has 0 atom stereocenters. The summed E-state index contributed by atoms with van der Waals surface area (Å²) in [6, 6.07) is 0. The molecule has 0 heterocycles. The van der Waals surface area contributed by atoms with Gasteiger partial charge in [-0.15, -0.1) is 6.61 Å². The smallest absolute Gasteiger partial charge is 0.879 e. The fourth-order valence-electron chi connectivity index (χ4n) is 0. The number of hydrogen-bond acceptors (Lipinski definition) is 2. The van der Waals surface area contributed by atoms with Crippen LogP contribution in [0.2, 0.25) is 0 Å². The van der Waals surface area contributed by atoms with E-state index in [2.05, 4.69) is 0 Å². The Hall–Kier alpha value is 0.00896. The minimum Gasteiger partial charge on any atom is -0.879 e. The molecule has 0 unspecified atom stereocenters. The first-order chi connectivity index (χ1) is 4.54. The summed E-state index contributed by atoms with van der Waals surface area (Å²) < 4.78 is 0. The number of nitrogens with zero attached hydrogens (tertiary/aromatic N) is 1. The predicted octanol–water partition coefficient (Wildman–Crippen LogP) is -0.368. The Bertz CT molecular complexity index is 125. The molecule has 0 aromatic heterocycles. The van der Waals surface area contributed by atoms with E-state index >= 15 is 0 Å². The predicted molar refractivity (Wildman–Crippen MR) is 37.0 cm³/mol. The van der Waals surface area contributed by atoms with E-state index < -0.39 is 6.61 Å². The third kappa shape index (κ3) is 50.5. The van der Waals surface area contributed by atoms with Gasteiger partial charge in [-0.3, -0.25) is 0 Å². The Labute approximate surface area is 93.7 Å². The van der Waals surface area contributed by atoms with Gasteiger partial charge in [-0.25, -0.2) is 5.71 Å². The van der Waals surface area contributed by atoms with Crippen LogP contribution in [-0.4, -0.2) is 12.3 Å². The maximum atomic E-state index is 9.34. The molecule has 0 saturated heterocycles. The summed E-state index contributed by atoms with van der Waals surface area (Å²) in [5, 5.41) is 26.6. The summed E-state index contributed by atoms with van der Waals surface area (Å²) in [4.78, 5) is 0. The van der Waals surface area contributed by atoms with Crippen LogP contribution in [0.25, 0.3) is 11.1 Å². The molecule has 0 aromatic rings. The van der Waals surface area contributed by atoms with Crippen LogP contribution in [0.15, 0.2) is 12.0 Å². The first-order valence-electron chi connectivity index (χ1n) is 2.64. The fourth-order valence-corrected chi connectivity index (χ4v) is 0. The normalized spacial score (nSPS) is 8.08. The van der Waals surface area contributed by atoms with Crippen LogP contribution >= 0.6 is 0 Å². The van der Waals surface area contributed by atoms with E-state index in [4.69, 9.17) is 11.1 Å². The summed E-state index contributed by atoms with van der Waals surface area (Å²) in [5.74, 6) is 0. The number of hydrogen-bond donors (Lipinski definition) is 0. The van der Waals surface area contributed by atoms with Crippen molar-refractivity contribution < 1.29 is 44.4 Å². The van der Waals surface area contributed by atoms with Crippen LogP contribution in [0.5, 0.6) is 0 Å². The molecule has 0 aliphatic rings. The Morgan fingerprint density at radius 1 is 1.42 bits per heavy atom. The quantitative estimate of drug-likeness (QED) is 0.362. The van der Waals surface area contributed by atoms with Gasteiger partial charge in [0.15, 0.2) is 0 Å². The van der Waals surface area contributed by atoms with Crippen LogP contribution in [-0.2, 0) is 34.1 Å². The van der Waals surface area contributed by atoms with Crippen LogP contribution in [0.3, 0.4) is 0 Å². The summed E-state index contributed by atoms with van der Waals surface area (Å²) in [6.07, 6.45) is 0.500. The van der Waals surface area contributed by atoms with Gasteiger partial charge >= 0.3 is 34.1 Å². The first-order valence-corrected chi connectivity index (χ1v) is 2.64. The molecular formula is C6H10Mn2N2O2. The molecule has 6 heteroatoms. The minimum absolute atomic E-state index is 0. The zero-order valence-electron chi connectivity index (χ0n) is 6.80. The maximum Gasteiger partial charge on any atom is 2.00 e. The van der Waals surface area contributed by atoms with Crippen molar-refractivity contribution in [3.63, 3.8) is 0 Å². The van der Waals surface area contributed by atoms with E-state index in [1.807, 2.05) is 0 Å². The molecule has 2 radical (unpaired) electrons. The third-order valence-corrected chi connectivity index (χ3v) is 0.386. The van der Waals surface area contributed by atoms with E-state index in [-0.39, 0.29) is 45.5 Å². The van der Waals surface area contributed by atoms with Gasteiger partial charge in [0, 0.05) is 0 Å². The van der Waals surface area contributed by atoms with E-state index in [9.17, 15) is 10.2 Å². The Kier molecular flexibility index (Phi) is 32.5. The van der Waals surface area contributed by atoms with Gasteiger partial charge in [0.2, 0.25) is 0 Å². The first kappa shape index (κ1) is 22.7. The molecule has 0 aliphatic heterocycles. The van der Waals surface area contributed by atoms with Crippen molar-refractivity contribution in [2.45, 2.75) is 13.8 Å². The number of rotatable bonds is 1. The zero-order valence-corrected chi connectivity index (χ0v) is 9.16. The Morgan fingerprint density at radius 2 is 1.58 bits per heavy atom. The second-order valence-electron chi connectivity index (χ2n) is 1.68. The molecule has 70 valence electrons. The summed E-state index contributed by atoms with van der Waals surface area (Å²) in [7, 11) is 0. The van der Waals surface area contributed by atoms with Crippen molar-refractivity contribution in [2.24, 2.45) is 0 Å². The molecule has 0 saturated carbocycles. The zero-order chi connectivity index (χ0) is 8.57. The SMILES string of the molecule is CC(=[N-])C[O-].CC([NH-])=C[O-].[Mn+2].[Mn+2]. The van der Waals surface area contributed by atoms with Crippen LogP contribution in [0, 0.1) is 0 Å². The van der Waals surface area contributed by atoms with E-state index in [0.29, 0.717) is 6.26 Å². The Morgan fingerprint density at radius 3 is 1.58 bits per heavy atom. The van der Waals surface area contributed by atoms with E-state index in [1.165, 1.54) is 13.8 Å². The molecule has 4 nitrogen and oxygen atoms in total. The van der Waals surface area contributed by atoms with Crippen molar-refractivity contribution in [2.75, 3.05) is 6.61 Å². The van der Waals surface area contributed by atoms with Gasteiger partial charge in [-0.1, -0.05) is 13.8 Å². The Balaban J connectivity index is -0.0000000457. The van der Waals surface area contributed by atoms with Gasteiger partial charge in [-0.05, 0) is 0 Å². The molecule has 0 fully saturated rings. The van der Waals surface area contributed by atoms with Crippen molar-refractivity contribution in [3.05, 3.63) is 23.1 Å². The fraction of sp³-hybridized carbons (Fsp3) is 0.500. The van der Waals surface area contributed by atoms with Crippen molar-refractivity contribution >= 4 is 5.71 Å². The van der Waals surface area contributed by atoms with Crippen molar-refractivity contribution in [3.8, 4) is 0 Å². The minimum atomic E-state index is -0.472. The van der Waals surface area contributed by atoms with Gasteiger partial charge in [0.25, 0.3) is 0 Å². The van der Waals surface area contributed by atoms with Gasteiger partial charge in [0.1, 0.15) is 0 Å². The summed E-state index contributed by atoms with van der Waals surface area (Å²) in [6.45, 7) is 2.35. The molecule has 12 heavy (non-hydrogen) atoms. The monoisotopic (exact) mass is 252 g/mol. The molecular weight excluding hydrogens is 242 g/mol. The van der Waals surface area contributed by atoms with E-state index in [0.717, 1.165) is 0 Å². The second kappa shape index (κ2) is 17.2. The molecule has 0 rings (SSSR count). The van der Waals surface area contributed by atoms with Crippen LogP contribution < -0.4 is 10.2 Å². The van der Waals surface area contributed by atoms with Crippen LogP contribution in [0.1, 0.15) is 13.8 Å². The average Bonchev–Trinajstić information content (AvgIpc) is 1.89. The summed E-state index contributed by atoms with van der Waals surface area (Å²) in [5.41, 5.74) is 6.40. The molecule has 0 bridgehead atoms. The van der Waals surface area contributed by atoms with Gasteiger partial charge in [-0.2, -0.15) is 12.0 Å². The van der Waals surface area contributed by atoms with Gasteiger partial charge in [0.05, 0.1) is 0 Å². The van der Waals surface area contributed by atoms with Crippen molar-refractivity contribution in [1.82, 2.24) is 0 Å². The van der Waals surface area contributed by atoms with Crippen molar-refractivity contribution in [1.29, 1.82) is 0 Å². The molecule has 1 N–H and O–H groups in total. The number of allylic oxidation sites excluding steroid dienone is 1. The average molecular weight is 252 g/mol. The third-order valence-electron chi connectivity index (χ3n) is 0.386. The number of nitrogens with one attached hydrogen (secondary N) is 1. The molecule has 0 spiro atoms. The molecule has 0 aromatic carbocycles.